The van der Waals surface area contributed by atoms with Crippen molar-refractivity contribution >= 4 is 28.3 Å². The van der Waals surface area contributed by atoms with E-state index in [-0.39, 0.29) is 11.9 Å². The highest BCUT2D eigenvalue weighted by Crippen LogP contribution is 2.30. The topological polar surface area (TPSA) is 79.4 Å². The lowest BCUT2D eigenvalue weighted by Gasteiger charge is -2.30. The van der Waals surface area contributed by atoms with E-state index < -0.39 is 0 Å². The van der Waals surface area contributed by atoms with Crippen LogP contribution in [-0.2, 0) is 0 Å². The standard InChI is InChI=1S/C30H33N5O2/c1-20-10-16-23(17-11-20)37-30-25(8-6-18-31-30)29(36)33-22-14-12-21(13-15-22)32-28-19-27(35(2)3)24-7-4-5-9-26(24)34-28/h4-11,16-19,21-22H,12-15H2,1-3H3,(H,32,34)(H,33,36)/t21-,22+. The largest absolute Gasteiger partial charge is 0.438 e. The minimum absolute atomic E-state index is 0.111. The van der Waals surface area contributed by atoms with Crippen LogP contribution in [0.1, 0.15) is 41.6 Å². The fraction of sp³-hybridized carbons (Fsp3) is 0.300. The van der Waals surface area contributed by atoms with E-state index in [1.807, 2.05) is 43.3 Å². The van der Waals surface area contributed by atoms with E-state index in [0.29, 0.717) is 23.2 Å². The molecule has 0 atom stereocenters. The maximum atomic E-state index is 13.1. The molecule has 7 nitrogen and oxygen atoms in total. The molecule has 1 fully saturated rings. The summed E-state index contributed by atoms with van der Waals surface area (Å²) in [7, 11) is 4.11. The summed E-state index contributed by atoms with van der Waals surface area (Å²) in [5.41, 5.74) is 3.72. The van der Waals surface area contributed by atoms with Crippen LogP contribution in [0.2, 0.25) is 0 Å². The number of nitrogens with zero attached hydrogens (tertiary/aromatic N) is 3. The zero-order chi connectivity index (χ0) is 25.8. The average Bonchev–Trinajstić information content (AvgIpc) is 2.91. The molecule has 4 aromatic rings. The van der Waals surface area contributed by atoms with Gasteiger partial charge < -0.3 is 20.3 Å². The average molecular weight is 496 g/mol. The van der Waals surface area contributed by atoms with E-state index in [1.165, 1.54) is 0 Å². The SMILES string of the molecule is Cc1ccc(Oc2ncccc2C(=O)N[C@H]2CC[C@@H](Nc3cc(N(C)C)c4ccccc4n3)CC2)cc1. The number of benzene rings is 2. The number of pyridine rings is 2. The summed E-state index contributed by atoms with van der Waals surface area (Å²) in [4.78, 5) is 24.4. The van der Waals surface area contributed by atoms with Crippen molar-refractivity contribution in [1.29, 1.82) is 0 Å². The molecule has 0 saturated heterocycles. The van der Waals surface area contributed by atoms with Gasteiger partial charge in [0.1, 0.15) is 17.1 Å². The van der Waals surface area contributed by atoms with Crippen molar-refractivity contribution < 1.29 is 9.53 Å². The molecule has 2 heterocycles. The number of ether oxygens (including phenoxy) is 1. The molecular weight excluding hydrogens is 462 g/mol. The van der Waals surface area contributed by atoms with Crippen molar-refractivity contribution in [1.82, 2.24) is 15.3 Å². The van der Waals surface area contributed by atoms with Crippen LogP contribution in [0.3, 0.4) is 0 Å². The van der Waals surface area contributed by atoms with Gasteiger partial charge in [-0.3, -0.25) is 4.79 Å². The number of carbonyl (C=O) groups excluding carboxylic acids is 1. The second-order valence-electron chi connectivity index (χ2n) is 9.88. The minimum atomic E-state index is -0.154. The third kappa shape index (κ3) is 5.82. The fourth-order valence-electron chi connectivity index (χ4n) is 4.82. The van der Waals surface area contributed by atoms with Crippen molar-refractivity contribution in [3.63, 3.8) is 0 Å². The van der Waals surface area contributed by atoms with Crippen LogP contribution in [0, 0.1) is 6.92 Å². The Morgan fingerprint density at radius 3 is 2.43 bits per heavy atom. The highest BCUT2D eigenvalue weighted by molar-refractivity contribution is 5.96. The molecule has 2 aromatic carbocycles. The molecule has 1 saturated carbocycles. The summed E-state index contributed by atoms with van der Waals surface area (Å²) in [5, 5.41) is 7.97. The highest BCUT2D eigenvalue weighted by atomic mass is 16.5. The second-order valence-corrected chi connectivity index (χ2v) is 9.88. The molecule has 7 heteroatoms. The van der Waals surface area contributed by atoms with Crippen molar-refractivity contribution in [3.05, 3.63) is 84.1 Å². The maximum absolute atomic E-state index is 13.1. The van der Waals surface area contributed by atoms with E-state index in [9.17, 15) is 4.79 Å². The van der Waals surface area contributed by atoms with E-state index in [2.05, 4.69) is 52.8 Å². The van der Waals surface area contributed by atoms with E-state index in [0.717, 1.165) is 53.7 Å². The van der Waals surface area contributed by atoms with Crippen LogP contribution in [-0.4, -0.2) is 42.1 Å². The molecule has 1 amide bonds. The number of carbonyl (C=O) groups is 1. The molecular formula is C30H33N5O2. The number of amides is 1. The third-order valence-electron chi connectivity index (χ3n) is 6.84. The van der Waals surface area contributed by atoms with Crippen LogP contribution in [0.25, 0.3) is 10.9 Å². The summed E-state index contributed by atoms with van der Waals surface area (Å²) in [6, 6.07) is 22.0. The zero-order valence-corrected chi connectivity index (χ0v) is 21.6. The molecule has 0 radical (unpaired) electrons. The van der Waals surface area contributed by atoms with E-state index >= 15 is 0 Å². The summed E-state index contributed by atoms with van der Waals surface area (Å²) >= 11 is 0. The van der Waals surface area contributed by atoms with Gasteiger partial charge in [0.05, 0.1) is 5.52 Å². The molecule has 5 rings (SSSR count). The number of aromatic nitrogens is 2. The minimum Gasteiger partial charge on any atom is -0.438 e. The third-order valence-corrected chi connectivity index (χ3v) is 6.84. The number of aryl methyl sites for hydroxylation is 1. The summed E-state index contributed by atoms with van der Waals surface area (Å²) in [6.45, 7) is 2.02. The Morgan fingerprint density at radius 1 is 0.946 bits per heavy atom. The number of nitrogens with one attached hydrogen (secondary N) is 2. The highest BCUT2D eigenvalue weighted by Gasteiger charge is 2.25. The Bertz CT molecular complexity index is 1380. The van der Waals surface area contributed by atoms with Crippen molar-refractivity contribution in [2.45, 2.75) is 44.7 Å². The van der Waals surface area contributed by atoms with Gasteiger partial charge in [-0.25, -0.2) is 9.97 Å². The molecule has 190 valence electrons. The first-order valence-electron chi connectivity index (χ1n) is 12.8. The maximum Gasteiger partial charge on any atom is 0.257 e. The van der Waals surface area contributed by atoms with Gasteiger partial charge in [0.2, 0.25) is 5.88 Å². The van der Waals surface area contributed by atoms with Gasteiger partial charge in [0.15, 0.2) is 0 Å². The van der Waals surface area contributed by atoms with E-state index in [4.69, 9.17) is 9.72 Å². The second kappa shape index (κ2) is 10.9. The number of fused-ring (bicyclic) bond motifs is 1. The first kappa shape index (κ1) is 24.6. The van der Waals surface area contributed by atoms with Crippen LogP contribution in [0.5, 0.6) is 11.6 Å². The first-order valence-corrected chi connectivity index (χ1v) is 12.8. The first-order chi connectivity index (χ1) is 18.0. The smallest absolute Gasteiger partial charge is 0.257 e. The number of rotatable bonds is 7. The molecule has 0 unspecified atom stereocenters. The number of hydrogen-bond donors (Lipinski definition) is 2. The summed E-state index contributed by atoms with van der Waals surface area (Å²) in [6.07, 6.45) is 5.34. The number of anilines is 2. The monoisotopic (exact) mass is 495 g/mol. The zero-order valence-electron chi connectivity index (χ0n) is 21.6. The Labute approximate surface area is 217 Å². The Balaban J connectivity index is 1.20. The quantitative estimate of drug-likeness (QED) is 0.330. The Kier molecular flexibility index (Phi) is 7.21. The lowest BCUT2D eigenvalue weighted by atomic mass is 9.91. The molecule has 1 aliphatic rings. The molecule has 1 aliphatic carbocycles. The van der Waals surface area contributed by atoms with Crippen molar-refractivity contribution in [2.24, 2.45) is 0 Å². The van der Waals surface area contributed by atoms with Crippen molar-refractivity contribution in [2.75, 3.05) is 24.3 Å². The van der Waals surface area contributed by atoms with Gasteiger partial charge in [-0.2, -0.15) is 0 Å². The van der Waals surface area contributed by atoms with Gasteiger partial charge in [-0.15, -0.1) is 0 Å². The van der Waals surface area contributed by atoms with Crippen LogP contribution in [0.4, 0.5) is 11.5 Å². The van der Waals surface area contributed by atoms with Crippen LogP contribution >= 0.6 is 0 Å². The van der Waals surface area contributed by atoms with Crippen LogP contribution in [0.15, 0.2) is 72.9 Å². The van der Waals surface area contributed by atoms with Gasteiger partial charge in [0.25, 0.3) is 5.91 Å². The number of para-hydroxylation sites is 1. The summed E-state index contributed by atoms with van der Waals surface area (Å²) < 4.78 is 5.92. The molecule has 2 aromatic heterocycles. The predicted octanol–water partition coefficient (Wildman–Crippen LogP) is 5.95. The Hall–Kier alpha value is -4.13. The van der Waals surface area contributed by atoms with Crippen molar-refractivity contribution in [3.8, 4) is 11.6 Å². The molecule has 2 N–H and O–H groups in total. The van der Waals surface area contributed by atoms with E-state index in [1.54, 1.807) is 18.3 Å². The lowest BCUT2D eigenvalue weighted by molar-refractivity contribution is 0.0923. The molecule has 37 heavy (non-hydrogen) atoms. The summed E-state index contributed by atoms with van der Waals surface area (Å²) in [5.74, 6) is 1.71. The van der Waals surface area contributed by atoms with Gasteiger partial charge in [-0.1, -0.05) is 35.9 Å². The van der Waals surface area contributed by atoms with Gasteiger partial charge in [-0.05, 0) is 62.9 Å². The normalized spacial score (nSPS) is 17.3. The molecule has 0 bridgehead atoms. The van der Waals surface area contributed by atoms with Crippen LogP contribution < -0.4 is 20.3 Å². The Morgan fingerprint density at radius 2 is 1.68 bits per heavy atom. The predicted molar refractivity (Wildman–Crippen MR) is 149 cm³/mol. The number of hydrogen-bond acceptors (Lipinski definition) is 6. The van der Waals surface area contributed by atoms with Gasteiger partial charge in [0, 0.05) is 49.5 Å². The fourth-order valence-corrected chi connectivity index (χ4v) is 4.82. The molecule has 0 spiro atoms. The lowest BCUT2D eigenvalue weighted by Crippen LogP contribution is -2.40. The van der Waals surface area contributed by atoms with Gasteiger partial charge >= 0.3 is 0 Å². The molecule has 0 aliphatic heterocycles.